The number of amides is 2. The first-order valence-corrected chi connectivity index (χ1v) is 17.0. The molecule has 1 saturated carbocycles. The van der Waals surface area contributed by atoms with Crippen molar-refractivity contribution < 1.29 is 27.5 Å². The second-order valence-electron chi connectivity index (χ2n) is 11.3. The van der Waals surface area contributed by atoms with Gasteiger partial charge < -0.3 is 19.7 Å². The van der Waals surface area contributed by atoms with Crippen molar-refractivity contribution in [3.63, 3.8) is 0 Å². The van der Waals surface area contributed by atoms with E-state index in [1.54, 1.807) is 48.5 Å². The number of sulfonamides is 1. The topological polar surface area (TPSA) is 105 Å². The van der Waals surface area contributed by atoms with Gasteiger partial charge in [0.1, 0.15) is 24.1 Å². The van der Waals surface area contributed by atoms with Crippen LogP contribution in [0.1, 0.15) is 56.6 Å². The predicted octanol–water partition coefficient (Wildman–Crippen LogP) is 6.12. The van der Waals surface area contributed by atoms with Crippen LogP contribution in [0.4, 0.5) is 5.69 Å². The first-order chi connectivity index (χ1) is 21.6. The quantitative estimate of drug-likeness (QED) is 0.238. The minimum atomic E-state index is -4.28. The van der Waals surface area contributed by atoms with Gasteiger partial charge in [0.2, 0.25) is 11.8 Å². The molecule has 11 heteroatoms. The Morgan fingerprint density at radius 2 is 1.62 bits per heavy atom. The van der Waals surface area contributed by atoms with E-state index in [1.165, 1.54) is 37.3 Å². The Morgan fingerprint density at radius 3 is 2.22 bits per heavy atom. The minimum Gasteiger partial charge on any atom is -0.497 e. The summed E-state index contributed by atoms with van der Waals surface area (Å²) in [6.07, 6.45) is 5.36. The molecule has 0 saturated heterocycles. The maximum Gasteiger partial charge on any atom is 0.264 e. The lowest BCUT2D eigenvalue weighted by molar-refractivity contribution is -0.140. The fraction of sp³-hybridized carbons (Fsp3) is 0.412. The van der Waals surface area contributed by atoms with E-state index in [2.05, 4.69) is 5.32 Å². The molecule has 4 rings (SSSR count). The van der Waals surface area contributed by atoms with Gasteiger partial charge in [-0.15, -0.1) is 0 Å². The number of carbonyl (C=O) groups excluding carboxylic acids is 2. The van der Waals surface area contributed by atoms with Crippen LogP contribution in [-0.4, -0.2) is 58.0 Å². The number of nitrogens with zero attached hydrogens (tertiary/aromatic N) is 2. The van der Waals surface area contributed by atoms with Gasteiger partial charge in [0, 0.05) is 23.7 Å². The number of ether oxygens (including phenoxy) is 2. The van der Waals surface area contributed by atoms with Crippen LogP contribution in [0, 0.1) is 6.92 Å². The first-order valence-electron chi connectivity index (χ1n) is 15.2. The molecule has 9 nitrogen and oxygen atoms in total. The van der Waals surface area contributed by atoms with Crippen LogP contribution in [0.15, 0.2) is 71.6 Å². The van der Waals surface area contributed by atoms with Gasteiger partial charge in [0.25, 0.3) is 10.0 Å². The lowest BCUT2D eigenvalue weighted by atomic mass is 9.95. The Balaban J connectivity index is 1.77. The second-order valence-corrected chi connectivity index (χ2v) is 13.6. The predicted molar refractivity (Wildman–Crippen MR) is 176 cm³/mol. The zero-order chi connectivity index (χ0) is 32.6. The summed E-state index contributed by atoms with van der Waals surface area (Å²) in [7, 11) is -1.38. The Labute approximate surface area is 271 Å². The van der Waals surface area contributed by atoms with Crippen LogP contribution < -0.4 is 19.1 Å². The summed E-state index contributed by atoms with van der Waals surface area (Å²) in [6, 6.07) is 17.4. The number of carbonyl (C=O) groups is 2. The van der Waals surface area contributed by atoms with Crippen LogP contribution in [0.3, 0.4) is 0 Å². The molecule has 0 bridgehead atoms. The van der Waals surface area contributed by atoms with Gasteiger partial charge in [-0.2, -0.15) is 0 Å². The molecular formula is C34H42ClN3O6S. The summed E-state index contributed by atoms with van der Waals surface area (Å²) >= 11 is 6.13. The minimum absolute atomic E-state index is 0.0112. The van der Waals surface area contributed by atoms with Crippen molar-refractivity contribution in [2.75, 3.05) is 25.1 Å². The van der Waals surface area contributed by atoms with Crippen LogP contribution >= 0.6 is 11.6 Å². The molecular weight excluding hydrogens is 614 g/mol. The molecule has 3 aromatic carbocycles. The fourth-order valence-electron chi connectivity index (χ4n) is 5.59. The summed E-state index contributed by atoms with van der Waals surface area (Å²) in [5.41, 5.74) is 1.78. The van der Waals surface area contributed by atoms with E-state index in [-0.39, 0.29) is 34.8 Å². The number of anilines is 1. The van der Waals surface area contributed by atoms with Crippen LogP contribution in [-0.2, 0) is 26.2 Å². The van der Waals surface area contributed by atoms with Crippen LogP contribution in [0.5, 0.6) is 11.5 Å². The van der Waals surface area contributed by atoms with E-state index in [0.717, 1.165) is 47.5 Å². The molecule has 3 aromatic rings. The van der Waals surface area contributed by atoms with Gasteiger partial charge >= 0.3 is 0 Å². The molecule has 1 aliphatic rings. The number of halogens is 1. The van der Waals surface area contributed by atoms with Gasteiger partial charge in [-0.1, -0.05) is 67.6 Å². The molecule has 0 radical (unpaired) electrons. The molecule has 0 aromatic heterocycles. The van der Waals surface area contributed by atoms with Crippen LogP contribution in [0.25, 0.3) is 0 Å². The number of hydrogen-bond donors (Lipinski definition) is 1. The molecule has 1 atom stereocenters. The van der Waals surface area contributed by atoms with Crippen molar-refractivity contribution in [1.29, 1.82) is 0 Å². The van der Waals surface area contributed by atoms with E-state index in [1.807, 2.05) is 13.8 Å². The number of rotatable bonds is 13. The Hall–Kier alpha value is -3.76. The number of aryl methyl sites for hydroxylation is 1. The Kier molecular flexibility index (Phi) is 11.7. The molecule has 1 N–H and O–H groups in total. The van der Waals surface area contributed by atoms with Crippen molar-refractivity contribution >= 4 is 39.1 Å². The monoisotopic (exact) mass is 655 g/mol. The highest BCUT2D eigenvalue weighted by Gasteiger charge is 2.35. The average Bonchev–Trinajstić information content (AvgIpc) is 3.04. The third kappa shape index (κ3) is 8.49. The first kappa shape index (κ1) is 34.1. The smallest absolute Gasteiger partial charge is 0.264 e. The third-order valence-corrected chi connectivity index (χ3v) is 10.2. The standard InChI is InChI=1S/C34H42ClN3O6S/c1-5-30(34(40)36-27-9-7-6-8-10-27)37(22-25-13-15-26(35)16-14-25)33(39)23-38(31-21-28(43-3)17-20-32(31)44-4)45(41,42)29-18-11-24(2)12-19-29/h11-21,27,30H,5-10,22-23H2,1-4H3,(H,36,40). The van der Waals surface area contributed by atoms with Crippen LogP contribution in [0.2, 0.25) is 5.02 Å². The van der Waals surface area contributed by atoms with E-state index in [9.17, 15) is 18.0 Å². The molecule has 45 heavy (non-hydrogen) atoms. The maximum atomic E-state index is 14.4. The summed E-state index contributed by atoms with van der Waals surface area (Å²) < 4.78 is 40.5. The van der Waals surface area contributed by atoms with Gasteiger partial charge in [-0.3, -0.25) is 13.9 Å². The van der Waals surface area contributed by atoms with E-state index in [4.69, 9.17) is 21.1 Å². The largest absolute Gasteiger partial charge is 0.497 e. The highest BCUT2D eigenvalue weighted by Crippen LogP contribution is 2.36. The highest BCUT2D eigenvalue weighted by molar-refractivity contribution is 7.92. The van der Waals surface area contributed by atoms with Gasteiger partial charge in [-0.25, -0.2) is 8.42 Å². The van der Waals surface area contributed by atoms with Crippen molar-refractivity contribution in [1.82, 2.24) is 10.2 Å². The summed E-state index contributed by atoms with van der Waals surface area (Å²) in [6.45, 7) is 3.21. The van der Waals surface area contributed by atoms with Crippen molar-refractivity contribution in [2.24, 2.45) is 0 Å². The zero-order valence-electron chi connectivity index (χ0n) is 26.3. The lowest BCUT2D eigenvalue weighted by Crippen LogP contribution is -2.54. The lowest BCUT2D eigenvalue weighted by Gasteiger charge is -2.34. The fourth-order valence-corrected chi connectivity index (χ4v) is 7.14. The summed E-state index contributed by atoms with van der Waals surface area (Å²) in [5.74, 6) is -0.168. The molecule has 242 valence electrons. The maximum absolute atomic E-state index is 14.4. The Bertz CT molecular complexity index is 1560. The Morgan fingerprint density at radius 1 is 0.956 bits per heavy atom. The molecule has 0 aliphatic heterocycles. The third-order valence-electron chi connectivity index (χ3n) is 8.15. The molecule has 0 spiro atoms. The number of hydrogen-bond acceptors (Lipinski definition) is 6. The molecule has 1 unspecified atom stereocenters. The summed E-state index contributed by atoms with van der Waals surface area (Å²) in [5, 5.41) is 3.70. The number of benzene rings is 3. The molecule has 1 aliphatic carbocycles. The van der Waals surface area contributed by atoms with E-state index in [0.29, 0.717) is 17.2 Å². The number of methoxy groups -OCH3 is 2. The summed E-state index contributed by atoms with van der Waals surface area (Å²) in [4.78, 5) is 29.6. The van der Waals surface area contributed by atoms with E-state index < -0.39 is 28.5 Å². The van der Waals surface area contributed by atoms with E-state index >= 15 is 0 Å². The molecule has 2 amide bonds. The average molecular weight is 656 g/mol. The molecule has 0 heterocycles. The molecule has 1 fully saturated rings. The highest BCUT2D eigenvalue weighted by atomic mass is 35.5. The zero-order valence-corrected chi connectivity index (χ0v) is 27.9. The number of nitrogens with one attached hydrogen (secondary N) is 1. The second kappa shape index (κ2) is 15.5. The van der Waals surface area contributed by atoms with Crippen molar-refractivity contribution in [3.8, 4) is 11.5 Å². The van der Waals surface area contributed by atoms with Gasteiger partial charge in [0.15, 0.2) is 0 Å². The van der Waals surface area contributed by atoms with Gasteiger partial charge in [-0.05, 0) is 68.1 Å². The SMILES string of the molecule is CCC(C(=O)NC1CCCCC1)N(Cc1ccc(Cl)cc1)C(=O)CN(c1cc(OC)ccc1OC)S(=O)(=O)c1ccc(C)cc1. The van der Waals surface area contributed by atoms with Crippen molar-refractivity contribution in [2.45, 2.75) is 75.9 Å². The normalized spacial score (nSPS) is 14.3. The van der Waals surface area contributed by atoms with Crippen molar-refractivity contribution in [3.05, 3.63) is 82.9 Å². The van der Waals surface area contributed by atoms with Gasteiger partial charge in [0.05, 0.1) is 24.8 Å².